The molecule has 1 heterocycles. The number of anilines is 1. The lowest BCUT2D eigenvalue weighted by Crippen LogP contribution is -2.23. The maximum atomic E-state index is 13.1. The number of amides is 1. The molecule has 0 saturated carbocycles. The Bertz CT molecular complexity index is 1540. The van der Waals surface area contributed by atoms with Crippen molar-refractivity contribution in [1.29, 1.82) is 0 Å². The predicted octanol–water partition coefficient (Wildman–Crippen LogP) is 5.43. The van der Waals surface area contributed by atoms with Gasteiger partial charge in [-0.25, -0.2) is 4.98 Å². The molecular weight excluding hydrogens is 452 g/mol. The average Bonchev–Trinajstić information content (AvgIpc) is 3.27. The number of carboxylic acid groups (broad SMARTS) is 1. The molecule has 0 aliphatic rings. The molecule has 34 heavy (non-hydrogen) atoms. The number of nitrogens with zero attached hydrogens (tertiary/aromatic N) is 1. The molecule has 5 aromatic rings. The summed E-state index contributed by atoms with van der Waals surface area (Å²) in [7, 11) is 0. The number of rotatable bonds is 5. The van der Waals surface area contributed by atoms with Crippen molar-refractivity contribution in [2.24, 2.45) is 0 Å². The number of nitrogens with one attached hydrogen (secondary N) is 1. The third kappa shape index (κ3) is 4.14. The lowest BCUT2D eigenvalue weighted by atomic mass is 9.95. The molecule has 1 aromatic heterocycles. The molecule has 4 aromatic carbocycles. The van der Waals surface area contributed by atoms with Crippen LogP contribution in [0.3, 0.4) is 0 Å². The van der Waals surface area contributed by atoms with E-state index in [1.165, 1.54) is 6.07 Å². The Labute approximate surface area is 199 Å². The van der Waals surface area contributed by atoms with Gasteiger partial charge in [0.2, 0.25) is 5.89 Å². The summed E-state index contributed by atoms with van der Waals surface area (Å²) in [5, 5.41) is 15.0. The minimum atomic E-state index is -1.30. The van der Waals surface area contributed by atoms with Crippen LogP contribution in [-0.4, -0.2) is 16.9 Å². The van der Waals surface area contributed by atoms with Gasteiger partial charge in [0.15, 0.2) is 5.58 Å². The van der Waals surface area contributed by atoms with Gasteiger partial charge in [0.05, 0.1) is 5.97 Å². The minimum Gasteiger partial charge on any atom is -0.545 e. The van der Waals surface area contributed by atoms with Crippen molar-refractivity contribution in [3.05, 3.63) is 107 Å². The van der Waals surface area contributed by atoms with E-state index in [-0.39, 0.29) is 11.5 Å². The first-order valence-corrected chi connectivity index (χ1v) is 10.7. The monoisotopic (exact) mass is 467 g/mol. The van der Waals surface area contributed by atoms with Crippen LogP contribution in [0.25, 0.3) is 33.7 Å². The van der Waals surface area contributed by atoms with Gasteiger partial charge in [-0.15, -0.1) is 0 Å². The second-order valence-electron chi connectivity index (χ2n) is 7.54. The standard InChI is InChI=1S/C27H17ClN2O4/c28-17-11-14-24-23(15-17)30-26(34-24)16-9-12-18(13-10-16)29-25(31)21-7-3-1-5-19(21)20-6-2-4-8-22(20)27(32)33/h1-15H,(H,29,31)(H,32,33)/p-1. The number of benzene rings is 4. The number of carboxylic acids is 1. The van der Waals surface area contributed by atoms with Gasteiger partial charge in [0.25, 0.3) is 5.91 Å². The van der Waals surface area contributed by atoms with E-state index in [1.807, 2.05) is 0 Å². The van der Waals surface area contributed by atoms with Gasteiger partial charge in [0, 0.05) is 27.4 Å². The zero-order chi connectivity index (χ0) is 23.7. The average molecular weight is 468 g/mol. The second kappa shape index (κ2) is 8.84. The van der Waals surface area contributed by atoms with Gasteiger partial charge in [-0.05, 0) is 59.7 Å². The molecule has 0 bridgehead atoms. The topological polar surface area (TPSA) is 95.3 Å². The van der Waals surface area contributed by atoms with Crippen molar-refractivity contribution in [2.75, 3.05) is 5.32 Å². The summed E-state index contributed by atoms with van der Waals surface area (Å²) in [6, 6.07) is 25.6. The van der Waals surface area contributed by atoms with Crippen LogP contribution in [0.4, 0.5) is 5.69 Å². The fraction of sp³-hybridized carbons (Fsp3) is 0. The van der Waals surface area contributed by atoms with E-state index in [1.54, 1.807) is 84.9 Å². The SMILES string of the molecule is O=C([O-])c1ccccc1-c1ccccc1C(=O)Nc1ccc(-c2nc3cc(Cl)ccc3o2)cc1. The summed E-state index contributed by atoms with van der Waals surface area (Å²) in [4.78, 5) is 29.1. The molecule has 0 aliphatic heterocycles. The van der Waals surface area contributed by atoms with E-state index < -0.39 is 5.97 Å². The number of hydrogen-bond acceptors (Lipinski definition) is 5. The molecule has 0 aliphatic carbocycles. The third-order valence-electron chi connectivity index (χ3n) is 5.35. The first kappa shape index (κ1) is 21.4. The van der Waals surface area contributed by atoms with Crippen molar-refractivity contribution in [2.45, 2.75) is 0 Å². The molecule has 166 valence electrons. The number of fused-ring (bicyclic) bond motifs is 1. The fourth-order valence-corrected chi connectivity index (χ4v) is 3.90. The number of halogens is 1. The van der Waals surface area contributed by atoms with Crippen LogP contribution in [-0.2, 0) is 0 Å². The zero-order valence-corrected chi connectivity index (χ0v) is 18.4. The van der Waals surface area contributed by atoms with Gasteiger partial charge in [-0.2, -0.15) is 0 Å². The zero-order valence-electron chi connectivity index (χ0n) is 17.6. The number of aromatic carboxylic acids is 1. The van der Waals surface area contributed by atoms with E-state index in [0.717, 1.165) is 5.56 Å². The normalized spacial score (nSPS) is 10.9. The van der Waals surface area contributed by atoms with Crippen LogP contribution in [0.1, 0.15) is 20.7 Å². The van der Waals surface area contributed by atoms with Crippen molar-refractivity contribution in [3.8, 4) is 22.6 Å². The maximum absolute atomic E-state index is 13.1. The highest BCUT2D eigenvalue weighted by Crippen LogP contribution is 2.29. The Morgan fingerprint density at radius 2 is 1.47 bits per heavy atom. The molecule has 5 rings (SSSR count). The van der Waals surface area contributed by atoms with Gasteiger partial charge < -0.3 is 19.6 Å². The Morgan fingerprint density at radius 3 is 2.18 bits per heavy atom. The summed E-state index contributed by atoms with van der Waals surface area (Å²) in [6.45, 7) is 0. The minimum absolute atomic E-state index is 0.0201. The van der Waals surface area contributed by atoms with E-state index >= 15 is 0 Å². The number of aromatic nitrogens is 1. The van der Waals surface area contributed by atoms with Crippen molar-refractivity contribution in [1.82, 2.24) is 4.98 Å². The van der Waals surface area contributed by atoms with Gasteiger partial charge in [-0.3, -0.25) is 4.79 Å². The molecule has 0 fully saturated rings. The van der Waals surface area contributed by atoms with Crippen molar-refractivity contribution in [3.63, 3.8) is 0 Å². The number of oxazole rings is 1. The number of hydrogen-bond donors (Lipinski definition) is 1. The summed E-state index contributed by atoms with van der Waals surface area (Å²) >= 11 is 6.01. The summed E-state index contributed by atoms with van der Waals surface area (Å²) in [6.07, 6.45) is 0. The van der Waals surface area contributed by atoms with E-state index in [9.17, 15) is 14.7 Å². The molecule has 0 atom stereocenters. The van der Waals surface area contributed by atoms with Crippen LogP contribution in [0, 0.1) is 0 Å². The quantitative estimate of drug-likeness (QED) is 0.372. The molecule has 0 saturated heterocycles. The van der Waals surface area contributed by atoms with Crippen LogP contribution >= 0.6 is 11.6 Å². The summed E-state index contributed by atoms with van der Waals surface area (Å²) in [5.74, 6) is -1.23. The van der Waals surface area contributed by atoms with Gasteiger partial charge in [-0.1, -0.05) is 54.1 Å². The highest BCUT2D eigenvalue weighted by atomic mass is 35.5. The fourth-order valence-electron chi connectivity index (χ4n) is 3.73. The summed E-state index contributed by atoms with van der Waals surface area (Å²) < 4.78 is 5.78. The van der Waals surface area contributed by atoms with Crippen LogP contribution in [0.15, 0.2) is 95.4 Å². The molecule has 7 heteroatoms. The van der Waals surface area contributed by atoms with Crippen molar-refractivity contribution >= 4 is 40.3 Å². The predicted molar refractivity (Wildman–Crippen MR) is 129 cm³/mol. The largest absolute Gasteiger partial charge is 0.545 e. The highest BCUT2D eigenvalue weighted by molar-refractivity contribution is 6.31. The number of carbonyl (C=O) groups excluding carboxylic acids is 2. The second-order valence-corrected chi connectivity index (χ2v) is 7.98. The van der Waals surface area contributed by atoms with E-state index in [0.29, 0.717) is 44.4 Å². The first-order valence-electron chi connectivity index (χ1n) is 10.4. The highest BCUT2D eigenvalue weighted by Gasteiger charge is 2.16. The van der Waals surface area contributed by atoms with E-state index in [4.69, 9.17) is 16.0 Å². The first-order chi connectivity index (χ1) is 16.5. The van der Waals surface area contributed by atoms with Crippen molar-refractivity contribution < 1.29 is 19.1 Å². The van der Waals surface area contributed by atoms with Gasteiger partial charge in [0.1, 0.15) is 5.52 Å². The Balaban J connectivity index is 1.41. The molecule has 0 spiro atoms. The molecule has 1 amide bonds. The Hall–Kier alpha value is -4.42. The Kier molecular flexibility index (Phi) is 5.57. The molecule has 0 unspecified atom stereocenters. The van der Waals surface area contributed by atoms with E-state index in [2.05, 4.69) is 10.3 Å². The molecule has 6 nitrogen and oxygen atoms in total. The third-order valence-corrected chi connectivity index (χ3v) is 5.58. The molecule has 1 N–H and O–H groups in total. The summed E-state index contributed by atoms with van der Waals surface area (Å²) in [5.41, 5.74) is 3.88. The smallest absolute Gasteiger partial charge is 0.256 e. The van der Waals surface area contributed by atoms with Crippen LogP contribution < -0.4 is 10.4 Å². The molecule has 0 radical (unpaired) electrons. The maximum Gasteiger partial charge on any atom is 0.256 e. The molecular formula is C27H16ClN2O4-. The van der Waals surface area contributed by atoms with Gasteiger partial charge >= 0.3 is 0 Å². The lowest BCUT2D eigenvalue weighted by Gasteiger charge is -2.14. The van der Waals surface area contributed by atoms with Crippen LogP contribution in [0.2, 0.25) is 5.02 Å². The Morgan fingerprint density at radius 1 is 0.824 bits per heavy atom. The lowest BCUT2D eigenvalue weighted by molar-refractivity contribution is -0.254. The van der Waals surface area contributed by atoms with Crippen LogP contribution in [0.5, 0.6) is 0 Å². The number of carbonyl (C=O) groups is 2.